The molecule has 0 aliphatic carbocycles. The number of nitrogens with zero attached hydrogens (tertiary/aromatic N) is 1. The van der Waals surface area contributed by atoms with E-state index in [0.29, 0.717) is 11.4 Å². The number of halogens is 1. The molecule has 0 atom stereocenters. The summed E-state index contributed by atoms with van der Waals surface area (Å²) in [4.78, 5) is 0.958. The molecule has 0 amide bonds. The molecule has 46 valence electrons. The summed E-state index contributed by atoms with van der Waals surface area (Å²) in [6, 6.07) is 3.83. The summed E-state index contributed by atoms with van der Waals surface area (Å²) in [7, 11) is 0. The van der Waals surface area contributed by atoms with Gasteiger partial charge in [0.15, 0.2) is 0 Å². The van der Waals surface area contributed by atoms with Gasteiger partial charge in [-0.3, -0.25) is 0 Å². The van der Waals surface area contributed by atoms with Gasteiger partial charge in [-0.25, -0.2) is 0 Å². The van der Waals surface area contributed by atoms with E-state index < -0.39 is 0 Å². The van der Waals surface area contributed by atoms with Crippen molar-refractivity contribution in [3.63, 3.8) is 0 Å². The van der Waals surface area contributed by atoms with Crippen LogP contribution in [-0.4, -0.2) is 0 Å². The molecular formula is C6H4ClNS. The van der Waals surface area contributed by atoms with E-state index in [1.807, 2.05) is 5.38 Å². The first-order chi connectivity index (χ1) is 4.38. The Kier molecular flexibility index (Phi) is 2.10. The normalized spacial score (nSPS) is 8.89. The van der Waals surface area contributed by atoms with Crippen LogP contribution in [-0.2, 0) is 5.88 Å². The zero-order valence-corrected chi connectivity index (χ0v) is 6.17. The van der Waals surface area contributed by atoms with Crippen molar-refractivity contribution in [3.05, 3.63) is 21.9 Å². The van der Waals surface area contributed by atoms with Crippen molar-refractivity contribution >= 4 is 22.9 Å². The molecule has 0 aromatic carbocycles. The van der Waals surface area contributed by atoms with Gasteiger partial charge in [-0.15, -0.1) is 22.9 Å². The lowest BCUT2D eigenvalue weighted by molar-refractivity contribution is 1.44. The molecule has 1 heterocycles. The van der Waals surface area contributed by atoms with E-state index in [2.05, 4.69) is 6.07 Å². The van der Waals surface area contributed by atoms with Gasteiger partial charge in [0.2, 0.25) is 0 Å². The summed E-state index contributed by atoms with van der Waals surface area (Å²) < 4.78 is 0. The second-order valence-corrected chi connectivity index (χ2v) is 2.77. The van der Waals surface area contributed by atoms with E-state index in [1.165, 1.54) is 11.3 Å². The Balaban J connectivity index is 3.02. The van der Waals surface area contributed by atoms with Crippen LogP contribution in [0.5, 0.6) is 0 Å². The van der Waals surface area contributed by atoms with Crippen molar-refractivity contribution < 1.29 is 0 Å². The lowest BCUT2D eigenvalue weighted by Crippen LogP contribution is -1.72. The van der Waals surface area contributed by atoms with E-state index in [1.54, 1.807) is 6.07 Å². The smallest absolute Gasteiger partial charge is 0.100 e. The fraction of sp³-hybridized carbons (Fsp3) is 0.167. The number of hydrogen-bond acceptors (Lipinski definition) is 2. The van der Waals surface area contributed by atoms with Crippen molar-refractivity contribution in [2.45, 2.75) is 5.88 Å². The predicted octanol–water partition coefficient (Wildman–Crippen LogP) is 2.36. The minimum atomic E-state index is 0.445. The molecule has 3 heteroatoms. The highest BCUT2D eigenvalue weighted by atomic mass is 35.5. The molecule has 0 bridgehead atoms. The first kappa shape index (κ1) is 6.60. The zero-order chi connectivity index (χ0) is 6.69. The van der Waals surface area contributed by atoms with Crippen LogP contribution < -0.4 is 0 Å². The van der Waals surface area contributed by atoms with E-state index in [4.69, 9.17) is 16.9 Å². The topological polar surface area (TPSA) is 23.8 Å². The van der Waals surface area contributed by atoms with Crippen LogP contribution in [0, 0.1) is 11.3 Å². The monoisotopic (exact) mass is 157 g/mol. The van der Waals surface area contributed by atoms with Crippen molar-refractivity contribution in [3.8, 4) is 6.07 Å². The molecule has 1 rings (SSSR count). The Hall–Kier alpha value is -0.520. The SMILES string of the molecule is N#Cc1ccsc1CCl. The Bertz CT molecular complexity index is 235. The van der Waals surface area contributed by atoms with Gasteiger partial charge in [0.25, 0.3) is 0 Å². The van der Waals surface area contributed by atoms with Crippen LogP contribution in [0.3, 0.4) is 0 Å². The van der Waals surface area contributed by atoms with E-state index >= 15 is 0 Å². The average Bonchev–Trinajstić information content (AvgIpc) is 2.33. The molecule has 0 unspecified atom stereocenters. The van der Waals surface area contributed by atoms with Gasteiger partial charge in [0.1, 0.15) is 6.07 Å². The third-order valence-electron chi connectivity index (χ3n) is 0.987. The fourth-order valence-corrected chi connectivity index (χ4v) is 1.55. The molecule has 9 heavy (non-hydrogen) atoms. The Morgan fingerprint density at radius 2 is 2.56 bits per heavy atom. The predicted molar refractivity (Wildman–Crippen MR) is 38.6 cm³/mol. The second kappa shape index (κ2) is 2.86. The first-order valence-corrected chi connectivity index (χ1v) is 3.82. The maximum atomic E-state index is 8.44. The summed E-state index contributed by atoms with van der Waals surface area (Å²) >= 11 is 7.03. The maximum Gasteiger partial charge on any atom is 0.100 e. The third-order valence-corrected chi connectivity index (χ3v) is 2.33. The number of alkyl halides is 1. The van der Waals surface area contributed by atoms with Gasteiger partial charge < -0.3 is 0 Å². The van der Waals surface area contributed by atoms with Crippen LogP contribution in [0.15, 0.2) is 11.4 Å². The summed E-state index contributed by atoms with van der Waals surface area (Å²) in [5, 5.41) is 10.3. The summed E-state index contributed by atoms with van der Waals surface area (Å²) in [6.45, 7) is 0. The van der Waals surface area contributed by atoms with Gasteiger partial charge in [-0.1, -0.05) is 0 Å². The first-order valence-electron chi connectivity index (χ1n) is 2.41. The molecule has 1 aromatic heterocycles. The minimum absolute atomic E-state index is 0.445. The van der Waals surface area contributed by atoms with Crippen LogP contribution in [0.4, 0.5) is 0 Å². The Morgan fingerprint density at radius 3 is 3.00 bits per heavy atom. The van der Waals surface area contributed by atoms with Crippen molar-refractivity contribution in [2.75, 3.05) is 0 Å². The molecule has 0 spiro atoms. The number of thiophene rings is 1. The van der Waals surface area contributed by atoms with Crippen LogP contribution in [0.1, 0.15) is 10.4 Å². The molecule has 0 N–H and O–H groups in total. The number of nitriles is 1. The summed E-state index contributed by atoms with van der Waals surface area (Å²) in [5.41, 5.74) is 0.704. The molecule has 1 aromatic rings. The molecule has 0 radical (unpaired) electrons. The molecule has 0 saturated carbocycles. The molecule has 0 aliphatic heterocycles. The third kappa shape index (κ3) is 1.24. The molecule has 0 aliphatic rings. The highest BCUT2D eigenvalue weighted by Crippen LogP contribution is 2.17. The van der Waals surface area contributed by atoms with Gasteiger partial charge >= 0.3 is 0 Å². The van der Waals surface area contributed by atoms with E-state index in [-0.39, 0.29) is 0 Å². The maximum absolute atomic E-state index is 8.44. The van der Waals surface area contributed by atoms with Crippen LogP contribution in [0.25, 0.3) is 0 Å². The van der Waals surface area contributed by atoms with Crippen LogP contribution in [0.2, 0.25) is 0 Å². The summed E-state index contributed by atoms with van der Waals surface area (Å²) in [6.07, 6.45) is 0. The Labute approximate surface area is 62.5 Å². The number of hydrogen-bond donors (Lipinski definition) is 0. The highest BCUT2D eigenvalue weighted by molar-refractivity contribution is 7.10. The van der Waals surface area contributed by atoms with Gasteiger partial charge in [-0.2, -0.15) is 5.26 Å². The lowest BCUT2D eigenvalue weighted by Gasteiger charge is -1.83. The Morgan fingerprint density at radius 1 is 1.78 bits per heavy atom. The van der Waals surface area contributed by atoms with E-state index in [0.717, 1.165) is 4.88 Å². The largest absolute Gasteiger partial charge is 0.192 e. The van der Waals surface area contributed by atoms with Gasteiger partial charge in [0, 0.05) is 4.88 Å². The second-order valence-electron chi connectivity index (χ2n) is 1.50. The fourth-order valence-electron chi connectivity index (χ4n) is 0.544. The van der Waals surface area contributed by atoms with Crippen LogP contribution >= 0.6 is 22.9 Å². The molecule has 0 saturated heterocycles. The standard InChI is InChI=1S/C6H4ClNS/c7-3-6-5(4-8)1-2-9-6/h1-2H,3H2. The molecule has 1 nitrogen and oxygen atoms in total. The summed E-state index contributed by atoms with van der Waals surface area (Å²) in [5.74, 6) is 0.445. The van der Waals surface area contributed by atoms with Crippen molar-refractivity contribution in [1.82, 2.24) is 0 Å². The lowest BCUT2D eigenvalue weighted by atomic mass is 10.3. The molecular weight excluding hydrogens is 154 g/mol. The van der Waals surface area contributed by atoms with Crippen molar-refractivity contribution in [2.24, 2.45) is 0 Å². The number of rotatable bonds is 1. The van der Waals surface area contributed by atoms with Crippen molar-refractivity contribution in [1.29, 1.82) is 5.26 Å². The quantitative estimate of drug-likeness (QED) is 0.575. The molecule has 0 fully saturated rings. The van der Waals surface area contributed by atoms with Gasteiger partial charge in [-0.05, 0) is 11.4 Å². The minimum Gasteiger partial charge on any atom is -0.192 e. The highest BCUT2D eigenvalue weighted by Gasteiger charge is 1.99. The average molecular weight is 158 g/mol. The zero-order valence-electron chi connectivity index (χ0n) is 4.60. The van der Waals surface area contributed by atoms with Gasteiger partial charge in [0.05, 0.1) is 11.4 Å². The van der Waals surface area contributed by atoms with E-state index in [9.17, 15) is 0 Å².